The van der Waals surface area contributed by atoms with Gasteiger partial charge in [0.25, 0.3) is 11.1 Å². The van der Waals surface area contributed by atoms with E-state index in [0.717, 1.165) is 9.13 Å². The molecule has 0 spiro atoms. The third-order valence-corrected chi connectivity index (χ3v) is 5.11. The van der Waals surface area contributed by atoms with Crippen LogP contribution in [-0.4, -0.2) is 31.9 Å². The molecule has 0 fully saturated rings. The number of hydrogen-bond donors (Lipinski definition) is 1. The van der Waals surface area contributed by atoms with E-state index in [1.165, 1.54) is 67.3 Å². The molecule has 0 amide bonds. The minimum absolute atomic E-state index is 0.00701. The first-order valence-electron chi connectivity index (χ1n) is 10.1. The second kappa shape index (κ2) is 9.63. The molecule has 0 saturated heterocycles. The van der Waals surface area contributed by atoms with Gasteiger partial charge in [-0.1, -0.05) is 11.6 Å². The van der Waals surface area contributed by atoms with Crippen LogP contribution in [0.1, 0.15) is 6.42 Å². The molecule has 0 aliphatic rings. The number of nitrogens with zero attached hydrogens (tertiary/aromatic N) is 3. The lowest BCUT2D eigenvalue weighted by atomic mass is 10.1. The van der Waals surface area contributed by atoms with Gasteiger partial charge in [0.15, 0.2) is 0 Å². The van der Waals surface area contributed by atoms with Gasteiger partial charge < -0.3 is 9.72 Å². The number of halogens is 4. The van der Waals surface area contributed by atoms with E-state index in [4.69, 9.17) is 16.3 Å². The second-order valence-corrected chi connectivity index (χ2v) is 7.76. The standard InChI is InChI=1S/C23H16ClF3N4O4/c24-14-9-16(11-17(10-14)35-8-5-23(25,26)27)30-13-19(18-4-2-7-29-20(18)32)21(33)31(22(30)34)15-3-1-6-28-12-15/h1-4,6-7,9-13H,5,8H2,(H,29,32). The molecule has 4 rings (SSSR count). The third kappa shape index (κ3) is 5.35. The molecule has 0 aliphatic heterocycles. The number of benzene rings is 1. The van der Waals surface area contributed by atoms with Gasteiger partial charge in [-0.05, 0) is 36.4 Å². The molecule has 12 heteroatoms. The lowest BCUT2D eigenvalue weighted by Gasteiger charge is -2.15. The highest BCUT2D eigenvalue weighted by atomic mass is 35.5. The van der Waals surface area contributed by atoms with Crippen LogP contribution in [0.3, 0.4) is 0 Å². The Labute approximate surface area is 199 Å². The summed E-state index contributed by atoms with van der Waals surface area (Å²) in [5.41, 5.74) is -1.98. The van der Waals surface area contributed by atoms with E-state index in [1.807, 2.05) is 0 Å². The zero-order valence-electron chi connectivity index (χ0n) is 17.8. The van der Waals surface area contributed by atoms with Gasteiger partial charge in [0.2, 0.25) is 0 Å². The van der Waals surface area contributed by atoms with Crippen LogP contribution < -0.4 is 21.5 Å². The minimum atomic E-state index is -4.41. The Kier molecular flexibility index (Phi) is 6.61. The molecule has 8 nitrogen and oxygen atoms in total. The van der Waals surface area contributed by atoms with Gasteiger partial charge in [-0.2, -0.15) is 13.2 Å². The maximum atomic E-state index is 13.4. The molecule has 0 aliphatic carbocycles. The summed E-state index contributed by atoms with van der Waals surface area (Å²) in [6, 6.07) is 9.93. The van der Waals surface area contributed by atoms with Crippen LogP contribution >= 0.6 is 11.6 Å². The van der Waals surface area contributed by atoms with Gasteiger partial charge >= 0.3 is 11.9 Å². The first-order valence-corrected chi connectivity index (χ1v) is 10.5. The van der Waals surface area contributed by atoms with Crippen LogP contribution in [0.5, 0.6) is 5.75 Å². The Bertz CT molecular complexity index is 1550. The first kappa shape index (κ1) is 24.0. The highest BCUT2D eigenvalue weighted by Crippen LogP contribution is 2.25. The van der Waals surface area contributed by atoms with Crippen LogP contribution in [0.2, 0.25) is 5.02 Å². The van der Waals surface area contributed by atoms with Crippen LogP contribution in [-0.2, 0) is 0 Å². The molecule has 0 unspecified atom stereocenters. The van der Waals surface area contributed by atoms with E-state index >= 15 is 0 Å². The van der Waals surface area contributed by atoms with Crippen molar-refractivity contribution < 1.29 is 17.9 Å². The van der Waals surface area contributed by atoms with Crippen molar-refractivity contribution in [2.24, 2.45) is 0 Å². The summed E-state index contributed by atoms with van der Waals surface area (Å²) < 4.78 is 44.6. The van der Waals surface area contributed by atoms with Crippen molar-refractivity contribution in [3.8, 4) is 28.3 Å². The van der Waals surface area contributed by atoms with E-state index in [0.29, 0.717) is 0 Å². The lowest BCUT2D eigenvalue weighted by molar-refractivity contribution is -0.139. The van der Waals surface area contributed by atoms with Crippen molar-refractivity contribution in [1.29, 1.82) is 0 Å². The zero-order chi connectivity index (χ0) is 25.2. The monoisotopic (exact) mass is 504 g/mol. The van der Waals surface area contributed by atoms with Gasteiger partial charge in [-0.3, -0.25) is 19.1 Å². The van der Waals surface area contributed by atoms with Gasteiger partial charge in [-0.25, -0.2) is 9.36 Å². The summed E-state index contributed by atoms with van der Waals surface area (Å²) in [4.78, 5) is 45.6. The topological polar surface area (TPSA) is 99.0 Å². The van der Waals surface area contributed by atoms with Crippen LogP contribution in [0.4, 0.5) is 13.2 Å². The number of alkyl halides is 3. The fraction of sp³-hybridized carbons (Fsp3) is 0.130. The average molecular weight is 505 g/mol. The molecule has 1 N–H and O–H groups in total. The number of pyridine rings is 2. The summed E-state index contributed by atoms with van der Waals surface area (Å²) in [5, 5.41) is 0.0784. The molecule has 35 heavy (non-hydrogen) atoms. The van der Waals surface area contributed by atoms with Crippen molar-refractivity contribution in [1.82, 2.24) is 19.1 Å². The first-order chi connectivity index (χ1) is 16.6. The Morgan fingerprint density at radius 3 is 2.51 bits per heavy atom. The molecule has 3 aromatic heterocycles. The molecule has 0 radical (unpaired) electrons. The van der Waals surface area contributed by atoms with Crippen LogP contribution in [0.25, 0.3) is 22.5 Å². The van der Waals surface area contributed by atoms with Gasteiger partial charge in [0.1, 0.15) is 5.75 Å². The van der Waals surface area contributed by atoms with Crippen molar-refractivity contribution in [3.05, 3.63) is 103 Å². The predicted molar refractivity (Wildman–Crippen MR) is 123 cm³/mol. The van der Waals surface area contributed by atoms with Crippen molar-refractivity contribution in [2.45, 2.75) is 12.6 Å². The molecule has 0 atom stereocenters. The number of ether oxygens (including phenoxy) is 1. The molecular formula is C23H16ClF3N4O4. The number of nitrogens with one attached hydrogen (secondary N) is 1. The third-order valence-electron chi connectivity index (χ3n) is 4.89. The summed E-state index contributed by atoms with van der Waals surface area (Å²) in [6.45, 7) is -0.655. The summed E-state index contributed by atoms with van der Waals surface area (Å²) in [7, 11) is 0. The van der Waals surface area contributed by atoms with Gasteiger partial charge in [0, 0.05) is 29.7 Å². The van der Waals surface area contributed by atoms with Crippen molar-refractivity contribution >= 4 is 11.6 Å². The molecule has 0 bridgehead atoms. The minimum Gasteiger partial charge on any atom is -0.493 e. The molecule has 180 valence electrons. The number of hydrogen-bond acceptors (Lipinski definition) is 5. The summed E-state index contributed by atoms with van der Waals surface area (Å²) in [5.74, 6) is -0.0121. The zero-order valence-corrected chi connectivity index (χ0v) is 18.5. The van der Waals surface area contributed by atoms with E-state index in [9.17, 15) is 27.6 Å². The second-order valence-electron chi connectivity index (χ2n) is 7.32. The smallest absolute Gasteiger partial charge is 0.392 e. The summed E-state index contributed by atoms with van der Waals surface area (Å²) in [6.07, 6.45) is -0.261. The highest BCUT2D eigenvalue weighted by molar-refractivity contribution is 6.30. The van der Waals surface area contributed by atoms with Crippen LogP contribution in [0.15, 0.2) is 81.6 Å². The van der Waals surface area contributed by atoms with Crippen molar-refractivity contribution in [3.63, 3.8) is 0 Å². The fourth-order valence-corrected chi connectivity index (χ4v) is 3.55. The SMILES string of the molecule is O=c1[nH]cccc1-c1cn(-c2cc(Cl)cc(OCCC(F)(F)F)c2)c(=O)n(-c2cccnc2)c1=O. The Balaban J connectivity index is 1.92. The fourth-order valence-electron chi connectivity index (χ4n) is 3.33. The Morgan fingerprint density at radius 1 is 1.03 bits per heavy atom. The van der Waals surface area contributed by atoms with Crippen molar-refractivity contribution in [2.75, 3.05) is 6.61 Å². The van der Waals surface area contributed by atoms with Gasteiger partial charge in [0.05, 0.1) is 41.7 Å². The normalized spacial score (nSPS) is 11.4. The predicted octanol–water partition coefficient (Wildman–Crippen LogP) is 3.72. The number of H-pyrrole nitrogens is 1. The Morgan fingerprint density at radius 2 is 1.83 bits per heavy atom. The summed E-state index contributed by atoms with van der Waals surface area (Å²) >= 11 is 6.14. The average Bonchev–Trinajstić information content (AvgIpc) is 2.79. The van der Waals surface area contributed by atoms with E-state index in [-0.39, 0.29) is 33.3 Å². The highest BCUT2D eigenvalue weighted by Gasteiger charge is 2.27. The molecule has 0 saturated carbocycles. The van der Waals surface area contributed by atoms with Crippen LogP contribution in [0, 0.1) is 0 Å². The lowest BCUT2D eigenvalue weighted by Crippen LogP contribution is -2.39. The van der Waals surface area contributed by atoms with E-state index in [2.05, 4.69) is 9.97 Å². The quantitative estimate of drug-likeness (QED) is 0.431. The van der Waals surface area contributed by atoms with E-state index in [1.54, 1.807) is 0 Å². The molecule has 3 heterocycles. The van der Waals surface area contributed by atoms with Gasteiger partial charge in [-0.15, -0.1) is 0 Å². The number of aromatic nitrogens is 4. The molecular weight excluding hydrogens is 489 g/mol. The Hall–Kier alpha value is -4.12. The number of aromatic amines is 1. The largest absolute Gasteiger partial charge is 0.493 e. The number of rotatable bonds is 6. The maximum Gasteiger partial charge on any atom is 0.392 e. The maximum absolute atomic E-state index is 13.4. The molecule has 4 aromatic rings. The van der Waals surface area contributed by atoms with E-state index < -0.39 is 36.0 Å². The molecule has 1 aromatic carbocycles.